The number of carbonyl (C=O) groups excluding carboxylic acids is 2. The van der Waals surface area contributed by atoms with E-state index in [1.807, 2.05) is 44.2 Å². The van der Waals surface area contributed by atoms with Crippen LogP contribution in [-0.4, -0.2) is 66.3 Å². The van der Waals surface area contributed by atoms with Gasteiger partial charge in [-0.2, -0.15) is 0 Å². The number of carbonyl (C=O) groups is 2. The van der Waals surface area contributed by atoms with Crippen molar-refractivity contribution in [2.75, 3.05) is 39.4 Å². The number of hydrogen-bond donors (Lipinski definition) is 0. The van der Waals surface area contributed by atoms with Crippen LogP contribution < -0.4 is 0 Å². The van der Waals surface area contributed by atoms with Crippen LogP contribution in [0.1, 0.15) is 19.4 Å². The van der Waals surface area contributed by atoms with E-state index in [0.29, 0.717) is 36.8 Å². The predicted octanol–water partition coefficient (Wildman–Crippen LogP) is 2.24. The van der Waals surface area contributed by atoms with Crippen molar-refractivity contribution in [2.24, 2.45) is 0 Å². The number of thioether (sulfide) groups is 1. The maximum atomic E-state index is 13.0. The van der Waals surface area contributed by atoms with Gasteiger partial charge in [-0.3, -0.25) is 19.4 Å². The molecular weight excluding hydrogens is 336 g/mol. The lowest BCUT2D eigenvalue weighted by atomic mass is 10.1. The van der Waals surface area contributed by atoms with Gasteiger partial charge in [0.25, 0.3) is 11.8 Å². The van der Waals surface area contributed by atoms with E-state index in [-0.39, 0.29) is 17.1 Å². The number of amides is 2. The fourth-order valence-electron chi connectivity index (χ4n) is 3.03. The van der Waals surface area contributed by atoms with Crippen LogP contribution in [0, 0.1) is 0 Å². The van der Waals surface area contributed by atoms with Crippen molar-refractivity contribution in [2.45, 2.75) is 19.1 Å². The molecule has 0 aromatic heterocycles. The van der Waals surface area contributed by atoms with E-state index in [4.69, 9.17) is 4.74 Å². The lowest BCUT2D eigenvalue weighted by molar-refractivity contribution is -0.136. The summed E-state index contributed by atoms with van der Waals surface area (Å²) in [5, 5.41) is 0.240. The van der Waals surface area contributed by atoms with E-state index in [1.54, 1.807) is 0 Å². The Morgan fingerprint density at radius 2 is 1.72 bits per heavy atom. The number of imide groups is 1. The first-order chi connectivity index (χ1) is 12.1. The minimum Gasteiger partial charge on any atom is -0.379 e. The molecule has 3 rings (SSSR count). The highest BCUT2D eigenvalue weighted by molar-refractivity contribution is 8.04. The molecule has 2 aliphatic rings. The third-order valence-electron chi connectivity index (χ3n) is 4.29. The molecule has 2 heterocycles. The van der Waals surface area contributed by atoms with Crippen LogP contribution in [0.15, 0.2) is 35.2 Å². The van der Waals surface area contributed by atoms with Gasteiger partial charge in [0.2, 0.25) is 0 Å². The second kappa shape index (κ2) is 8.17. The number of ether oxygens (including phenoxy) is 1. The first-order valence-electron chi connectivity index (χ1n) is 8.70. The van der Waals surface area contributed by atoms with E-state index >= 15 is 0 Å². The first-order valence-corrected chi connectivity index (χ1v) is 9.58. The summed E-state index contributed by atoms with van der Waals surface area (Å²) in [6, 6.07) is 9.50. The number of nitrogens with zero attached hydrogens (tertiary/aromatic N) is 2. The van der Waals surface area contributed by atoms with E-state index in [2.05, 4.69) is 4.90 Å². The second-order valence-electron chi connectivity index (χ2n) is 6.45. The van der Waals surface area contributed by atoms with Gasteiger partial charge in [-0.05, 0) is 5.56 Å². The summed E-state index contributed by atoms with van der Waals surface area (Å²) in [5.74, 6) is -0.330. The van der Waals surface area contributed by atoms with E-state index in [1.165, 1.54) is 16.7 Å². The Balaban J connectivity index is 1.79. The molecular formula is C19H24N2O3S. The quantitative estimate of drug-likeness (QED) is 0.728. The Hall–Kier alpha value is -1.63. The molecule has 0 N–H and O–H groups in total. The van der Waals surface area contributed by atoms with Gasteiger partial charge in [0.1, 0.15) is 0 Å². The third kappa shape index (κ3) is 4.14. The van der Waals surface area contributed by atoms with Crippen molar-refractivity contribution < 1.29 is 14.3 Å². The monoisotopic (exact) mass is 360 g/mol. The summed E-state index contributed by atoms with van der Waals surface area (Å²) >= 11 is 1.48. The molecule has 6 heteroatoms. The number of rotatable bonds is 6. The average molecular weight is 360 g/mol. The standard InChI is InChI=1S/C19H24N2O3S/c1-14(2)25-17-16(15-6-4-3-5-7-15)18(22)21(19(17)23)9-8-20-10-12-24-13-11-20/h3-7,14H,8-13H2,1-2H3. The molecule has 0 spiro atoms. The van der Waals surface area contributed by atoms with Crippen molar-refractivity contribution in [3.8, 4) is 0 Å². The minimum atomic E-state index is -0.174. The summed E-state index contributed by atoms with van der Waals surface area (Å²) < 4.78 is 5.35. The van der Waals surface area contributed by atoms with Gasteiger partial charge >= 0.3 is 0 Å². The van der Waals surface area contributed by atoms with Crippen LogP contribution in [0.2, 0.25) is 0 Å². The lowest BCUT2D eigenvalue weighted by Gasteiger charge is -2.28. The number of morpholine rings is 1. The van der Waals surface area contributed by atoms with Gasteiger partial charge in [0.15, 0.2) is 0 Å². The molecule has 0 aliphatic carbocycles. The fraction of sp³-hybridized carbons (Fsp3) is 0.474. The van der Waals surface area contributed by atoms with Gasteiger partial charge in [-0.1, -0.05) is 44.2 Å². The molecule has 1 saturated heterocycles. The van der Waals surface area contributed by atoms with Crippen LogP contribution in [0.5, 0.6) is 0 Å². The summed E-state index contributed by atoms with van der Waals surface area (Å²) in [6.45, 7) is 8.32. The van der Waals surface area contributed by atoms with Gasteiger partial charge < -0.3 is 4.74 Å². The highest BCUT2D eigenvalue weighted by Gasteiger charge is 2.39. The summed E-state index contributed by atoms with van der Waals surface area (Å²) in [4.78, 5) is 30.1. The number of hydrogen-bond acceptors (Lipinski definition) is 5. The van der Waals surface area contributed by atoms with Crippen molar-refractivity contribution in [1.82, 2.24) is 9.80 Å². The maximum absolute atomic E-state index is 13.0. The summed E-state index contributed by atoms with van der Waals surface area (Å²) in [5.41, 5.74) is 1.36. The molecule has 1 aromatic carbocycles. The normalized spacial score (nSPS) is 19.4. The largest absolute Gasteiger partial charge is 0.379 e. The predicted molar refractivity (Wildman–Crippen MR) is 100 cm³/mol. The fourth-order valence-corrected chi connectivity index (χ4v) is 4.03. The molecule has 0 saturated carbocycles. The molecule has 25 heavy (non-hydrogen) atoms. The topological polar surface area (TPSA) is 49.9 Å². The molecule has 2 aliphatic heterocycles. The zero-order chi connectivity index (χ0) is 17.8. The zero-order valence-electron chi connectivity index (χ0n) is 14.7. The van der Waals surface area contributed by atoms with Gasteiger partial charge in [-0.15, -0.1) is 11.8 Å². The molecule has 2 amide bonds. The Morgan fingerprint density at radius 3 is 2.36 bits per heavy atom. The molecule has 1 aromatic rings. The second-order valence-corrected chi connectivity index (χ2v) is 8.04. The molecule has 0 radical (unpaired) electrons. The average Bonchev–Trinajstić information content (AvgIpc) is 2.84. The smallest absolute Gasteiger partial charge is 0.268 e. The lowest BCUT2D eigenvalue weighted by Crippen LogP contribution is -2.43. The molecule has 134 valence electrons. The SMILES string of the molecule is CC(C)SC1=C(c2ccccc2)C(=O)N(CCN2CCOCC2)C1=O. The van der Waals surface area contributed by atoms with E-state index in [0.717, 1.165) is 18.7 Å². The highest BCUT2D eigenvalue weighted by Crippen LogP contribution is 2.37. The molecule has 1 fully saturated rings. The number of benzene rings is 1. The molecule has 5 nitrogen and oxygen atoms in total. The Morgan fingerprint density at radius 1 is 1.04 bits per heavy atom. The van der Waals surface area contributed by atoms with Crippen LogP contribution >= 0.6 is 11.8 Å². The Kier molecular flexibility index (Phi) is 5.93. The Bertz CT molecular complexity index is 667. The van der Waals surface area contributed by atoms with Crippen molar-refractivity contribution in [3.63, 3.8) is 0 Å². The Labute approximate surface area is 153 Å². The summed E-state index contributed by atoms with van der Waals surface area (Å²) in [6.07, 6.45) is 0. The van der Waals surface area contributed by atoms with Crippen LogP contribution in [0.25, 0.3) is 5.57 Å². The minimum absolute atomic E-state index is 0.157. The van der Waals surface area contributed by atoms with E-state index in [9.17, 15) is 9.59 Å². The highest BCUT2D eigenvalue weighted by atomic mass is 32.2. The summed E-state index contributed by atoms with van der Waals surface area (Å²) in [7, 11) is 0. The van der Waals surface area contributed by atoms with E-state index < -0.39 is 0 Å². The molecule has 0 unspecified atom stereocenters. The third-order valence-corrected chi connectivity index (χ3v) is 5.37. The zero-order valence-corrected chi connectivity index (χ0v) is 15.6. The first kappa shape index (κ1) is 18.2. The molecule has 0 atom stereocenters. The van der Waals surface area contributed by atoms with Crippen molar-refractivity contribution in [3.05, 3.63) is 40.8 Å². The van der Waals surface area contributed by atoms with Crippen LogP contribution in [-0.2, 0) is 14.3 Å². The van der Waals surface area contributed by atoms with Gasteiger partial charge in [0.05, 0.1) is 23.7 Å². The maximum Gasteiger partial charge on any atom is 0.268 e. The molecule has 0 bridgehead atoms. The van der Waals surface area contributed by atoms with Crippen LogP contribution in [0.3, 0.4) is 0 Å². The van der Waals surface area contributed by atoms with Crippen LogP contribution in [0.4, 0.5) is 0 Å². The van der Waals surface area contributed by atoms with Crippen molar-refractivity contribution in [1.29, 1.82) is 0 Å². The van der Waals surface area contributed by atoms with Gasteiger partial charge in [0, 0.05) is 31.4 Å². The van der Waals surface area contributed by atoms with Gasteiger partial charge in [-0.25, -0.2) is 0 Å². The van der Waals surface area contributed by atoms with Crippen molar-refractivity contribution >= 4 is 29.1 Å².